The highest BCUT2D eigenvalue weighted by molar-refractivity contribution is 7.15. The Balaban J connectivity index is 1.21. The van der Waals surface area contributed by atoms with E-state index in [0.29, 0.717) is 44.6 Å². The fraction of sp³-hybridized carbons (Fsp3) is 0.469. The highest BCUT2D eigenvalue weighted by Gasteiger charge is 2.23. The summed E-state index contributed by atoms with van der Waals surface area (Å²) in [6.07, 6.45) is 11.6. The molecule has 0 unspecified atom stereocenters. The van der Waals surface area contributed by atoms with Crippen molar-refractivity contribution in [3.8, 4) is 28.1 Å². The van der Waals surface area contributed by atoms with Crippen LogP contribution in [0.4, 0.5) is 11.4 Å². The molecule has 2 aromatic carbocycles. The SMILES string of the molecule is COc1cc(O)c(NCOc2ccc(C(=O)Nc3cc(C4CCCCC4)c(OC)cc3O)s2)cc1C1CCCCC1. The van der Waals surface area contributed by atoms with Gasteiger partial charge in [-0.1, -0.05) is 49.9 Å². The number of amides is 1. The molecule has 0 aliphatic heterocycles. The topological polar surface area (TPSA) is 109 Å². The molecule has 1 heterocycles. The number of nitrogens with one attached hydrogen (secondary N) is 2. The molecule has 0 spiro atoms. The van der Waals surface area contributed by atoms with Gasteiger partial charge in [-0.3, -0.25) is 4.79 Å². The molecule has 2 aliphatic rings. The number of benzene rings is 2. The number of anilines is 2. The van der Waals surface area contributed by atoms with Crippen molar-refractivity contribution in [1.82, 2.24) is 0 Å². The first-order valence-electron chi connectivity index (χ1n) is 14.6. The molecule has 4 N–H and O–H groups in total. The van der Waals surface area contributed by atoms with Gasteiger partial charge in [-0.2, -0.15) is 0 Å². The number of rotatable bonds is 10. The van der Waals surface area contributed by atoms with Gasteiger partial charge in [0.1, 0.15) is 23.0 Å². The maximum absolute atomic E-state index is 13.1. The summed E-state index contributed by atoms with van der Waals surface area (Å²) in [4.78, 5) is 13.5. The number of phenolic OH excluding ortho intramolecular Hbond substituents is 2. The largest absolute Gasteiger partial charge is 0.506 e. The lowest BCUT2D eigenvalue weighted by Crippen LogP contribution is -2.12. The molecule has 9 heteroatoms. The van der Waals surface area contributed by atoms with Crippen LogP contribution in [-0.4, -0.2) is 37.1 Å². The minimum atomic E-state index is -0.321. The van der Waals surface area contributed by atoms with Gasteiger partial charge in [0.2, 0.25) is 0 Å². The summed E-state index contributed by atoms with van der Waals surface area (Å²) >= 11 is 1.21. The summed E-state index contributed by atoms with van der Waals surface area (Å²) in [6.45, 7) is 0.121. The molecular formula is C32H40N2O6S. The van der Waals surface area contributed by atoms with Crippen LogP contribution in [0.2, 0.25) is 0 Å². The Morgan fingerprint density at radius 2 is 1.34 bits per heavy atom. The van der Waals surface area contributed by atoms with Crippen molar-refractivity contribution in [2.45, 2.75) is 76.0 Å². The average molecular weight is 581 g/mol. The third kappa shape index (κ3) is 6.84. The van der Waals surface area contributed by atoms with Crippen molar-refractivity contribution in [3.05, 3.63) is 52.4 Å². The summed E-state index contributed by atoms with van der Waals surface area (Å²) in [6, 6.07) is 10.5. The van der Waals surface area contributed by atoms with E-state index in [0.717, 1.165) is 36.8 Å². The molecule has 41 heavy (non-hydrogen) atoms. The first-order valence-corrected chi connectivity index (χ1v) is 15.4. The average Bonchev–Trinajstić information content (AvgIpc) is 3.48. The second-order valence-corrected chi connectivity index (χ2v) is 12.0. The summed E-state index contributed by atoms with van der Waals surface area (Å²) in [5.41, 5.74) is 3.09. The number of hydrogen-bond donors (Lipinski definition) is 4. The van der Waals surface area contributed by atoms with Crippen LogP contribution in [0.5, 0.6) is 28.1 Å². The normalized spacial score (nSPS) is 16.2. The number of thiophene rings is 1. The molecule has 1 aromatic heterocycles. The third-order valence-corrected chi connectivity index (χ3v) is 9.31. The van der Waals surface area contributed by atoms with E-state index in [1.54, 1.807) is 38.5 Å². The first-order chi connectivity index (χ1) is 20.0. The van der Waals surface area contributed by atoms with Crippen LogP contribution in [0.15, 0.2) is 36.4 Å². The van der Waals surface area contributed by atoms with Gasteiger partial charge in [0.05, 0.1) is 30.5 Å². The van der Waals surface area contributed by atoms with Crippen LogP contribution in [0.25, 0.3) is 0 Å². The second kappa shape index (κ2) is 13.4. The molecule has 0 atom stereocenters. The Labute approximate surface area is 245 Å². The summed E-state index contributed by atoms with van der Waals surface area (Å²) < 4.78 is 17.0. The first kappa shape index (κ1) is 28.9. The number of hydrogen-bond acceptors (Lipinski definition) is 8. The van der Waals surface area contributed by atoms with Crippen LogP contribution < -0.4 is 24.8 Å². The van der Waals surface area contributed by atoms with Crippen LogP contribution in [0.1, 0.15) is 96.8 Å². The van der Waals surface area contributed by atoms with Gasteiger partial charge in [0.25, 0.3) is 5.91 Å². The predicted molar refractivity (Wildman–Crippen MR) is 162 cm³/mol. The molecule has 5 rings (SSSR count). The van der Waals surface area contributed by atoms with Gasteiger partial charge in [-0.25, -0.2) is 0 Å². The van der Waals surface area contributed by atoms with E-state index in [9.17, 15) is 15.0 Å². The van der Waals surface area contributed by atoms with Gasteiger partial charge in [-0.05, 0) is 72.9 Å². The Morgan fingerprint density at radius 3 is 1.90 bits per heavy atom. The van der Waals surface area contributed by atoms with Crippen molar-refractivity contribution in [3.63, 3.8) is 0 Å². The highest BCUT2D eigenvalue weighted by Crippen LogP contribution is 2.43. The monoisotopic (exact) mass is 580 g/mol. The number of phenols is 2. The molecular weight excluding hydrogens is 540 g/mol. The molecule has 2 fully saturated rings. The zero-order valence-electron chi connectivity index (χ0n) is 23.8. The van der Waals surface area contributed by atoms with Crippen LogP contribution >= 0.6 is 11.3 Å². The molecule has 0 bridgehead atoms. The lowest BCUT2D eigenvalue weighted by molar-refractivity contribution is 0.103. The number of methoxy groups -OCH3 is 2. The molecule has 1 amide bonds. The molecule has 0 saturated heterocycles. The Morgan fingerprint density at radius 1 is 0.805 bits per heavy atom. The van der Waals surface area contributed by atoms with E-state index in [1.807, 2.05) is 12.1 Å². The molecule has 3 aromatic rings. The second-order valence-electron chi connectivity index (χ2n) is 10.9. The number of carbonyl (C=O) groups excluding carboxylic acids is 1. The van der Waals surface area contributed by atoms with E-state index in [4.69, 9.17) is 14.2 Å². The third-order valence-electron chi connectivity index (χ3n) is 8.32. The summed E-state index contributed by atoms with van der Waals surface area (Å²) in [5.74, 6) is 1.89. The van der Waals surface area contributed by atoms with Crippen molar-refractivity contribution >= 4 is 28.6 Å². The van der Waals surface area contributed by atoms with Crippen LogP contribution in [0, 0.1) is 0 Å². The zero-order valence-corrected chi connectivity index (χ0v) is 24.6. The molecule has 8 nitrogen and oxygen atoms in total. The predicted octanol–water partition coefficient (Wildman–Crippen LogP) is 7.97. The van der Waals surface area contributed by atoms with Crippen LogP contribution in [-0.2, 0) is 0 Å². The Bertz CT molecular complexity index is 1340. The maximum Gasteiger partial charge on any atom is 0.265 e. The standard InChI is InChI=1S/C32H40N2O6S/c1-38-28-17-26(35)24(15-22(28)20-9-5-3-6-10-20)33-19-40-31-14-13-30(41-31)32(37)34-25-16-23(21-11-7-4-8-12-21)29(39-2)18-27(25)36/h13-18,20-21,33,35-36H,3-12,19H2,1-2H3,(H,34,37). The number of ether oxygens (including phenoxy) is 3. The van der Waals surface area contributed by atoms with E-state index in [-0.39, 0.29) is 24.1 Å². The summed E-state index contributed by atoms with van der Waals surface area (Å²) in [5, 5.41) is 27.7. The van der Waals surface area contributed by atoms with E-state index in [2.05, 4.69) is 10.6 Å². The van der Waals surface area contributed by atoms with Crippen LogP contribution in [0.3, 0.4) is 0 Å². The van der Waals surface area contributed by atoms with Crippen molar-refractivity contribution in [2.75, 3.05) is 31.6 Å². The zero-order chi connectivity index (χ0) is 28.8. The smallest absolute Gasteiger partial charge is 0.265 e. The van der Waals surface area contributed by atoms with E-state index >= 15 is 0 Å². The minimum absolute atomic E-state index is 0.0288. The highest BCUT2D eigenvalue weighted by atomic mass is 32.1. The molecule has 220 valence electrons. The fourth-order valence-electron chi connectivity index (χ4n) is 6.12. The molecule has 2 aliphatic carbocycles. The molecule has 0 radical (unpaired) electrons. The van der Waals surface area contributed by atoms with Gasteiger partial charge < -0.3 is 35.1 Å². The van der Waals surface area contributed by atoms with Crippen molar-refractivity contribution in [1.29, 1.82) is 0 Å². The van der Waals surface area contributed by atoms with Gasteiger partial charge in [-0.15, -0.1) is 0 Å². The number of aromatic hydroxyl groups is 2. The lowest BCUT2D eigenvalue weighted by atomic mass is 9.83. The Hall–Kier alpha value is -3.59. The summed E-state index contributed by atoms with van der Waals surface area (Å²) in [7, 11) is 3.24. The quantitative estimate of drug-likeness (QED) is 0.142. The van der Waals surface area contributed by atoms with Gasteiger partial charge >= 0.3 is 0 Å². The van der Waals surface area contributed by atoms with Crippen molar-refractivity contribution < 1.29 is 29.2 Å². The minimum Gasteiger partial charge on any atom is -0.506 e. The van der Waals surface area contributed by atoms with Crippen molar-refractivity contribution in [2.24, 2.45) is 0 Å². The fourth-order valence-corrected chi connectivity index (χ4v) is 6.87. The number of carbonyl (C=O) groups is 1. The maximum atomic E-state index is 13.1. The van der Waals surface area contributed by atoms with E-state index in [1.165, 1.54) is 49.9 Å². The molecule has 2 saturated carbocycles. The van der Waals surface area contributed by atoms with E-state index < -0.39 is 0 Å². The van der Waals surface area contributed by atoms with Gasteiger partial charge in [0, 0.05) is 12.1 Å². The van der Waals surface area contributed by atoms with Gasteiger partial charge in [0.15, 0.2) is 11.8 Å². The Kier molecular flexibility index (Phi) is 9.44. The lowest BCUT2D eigenvalue weighted by Gasteiger charge is -2.25.